The fourth-order valence-electron chi connectivity index (χ4n) is 2.55. The molecular weight excluding hydrogens is 440 g/mol. The second kappa shape index (κ2) is 10.5. The quantitative estimate of drug-likeness (QED) is 0.450. The minimum atomic E-state index is -1.27. The minimum absolute atomic E-state index is 0.176. The molecule has 0 unspecified atom stereocenters. The van der Waals surface area contributed by atoms with Crippen molar-refractivity contribution in [1.82, 2.24) is 0 Å². The summed E-state index contributed by atoms with van der Waals surface area (Å²) in [5.41, 5.74) is 0.596. The maximum atomic E-state index is 13.3. The lowest BCUT2D eigenvalue weighted by molar-refractivity contribution is -0.119. The van der Waals surface area contributed by atoms with E-state index in [2.05, 4.69) is 5.32 Å². The zero-order valence-corrected chi connectivity index (χ0v) is 18.1. The Bertz CT molecular complexity index is 961. The Hall–Kier alpha value is -2.52. The van der Waals surface area contributed by atoms with Crippen LogP contribution in [-0.2, 0) is 20.7 Å². The highest BCUT2D eigenvalue weighted by Crippen LogP contribution is 2.31. The van der Waals surface area contributed by atoms with Crippen LogP contribution in [0.2, 0.25) is 5.02 Å². The first-order valence-corrected chi connectivity index (χ1v) is 10.3. The second-order valence-corrected chi connectivity index (χ2v) is 7.94. The van der Waals surface area contributed by atoms with Crippen molar-refractivity contribution in [2.45, 2.75) is 27.2 Å². The van der Waals surface area contributed by atoms with Gasteiger partial charge in [-0.05, 0) is 42.3 Å². The molecule has 0 radical (unpaired) electrons. The molecule has 10 heteroatoms. The molecule has 0 fully saturated rings. The molecule has 0 aliphatic heterocycles. The smallest absolute Gasteiger partial charge is 0.341 e. The van der Waals surface area contributed by atoms with Crippen molar-refractivity contribution in [3.05, 3.63) is 50.9 Å². The Morgan fingerprint density at radius 3 is 2.43 bits per heavy atom. The van der Waals surface area contributed by atoms with Crippen LogP contribution in [-0.4, -0.2) is 31.1 Å². The van der Waals surface area contributed by atoms with Crippen LogP contribution < -0.4 is 5.32 Å². The number of halogens is 3. The first-order valence-electron chi connectivity index (χ1n) is 9.03. The largest absolute Gasteiger partial charge is 0.462 e. The average Bonchev–Trinajstić information content (AvgIpc) is 3.04. The van der Waals surface area contributed by atoms with Gasteiger partial charge in [0.05, 0.1) is 22.8 Å². The molecule has 0 aliphatic carbocycles. The summed E-state index contributed by atoms with van der Waals surface area (Å²) >= 11 is 6.86. The van der Waals surface area contributed by atoms with E-state index in [4.69, 9.17) is 21.1 Å². The third-order valence-electron chi connectivity index (χ3n) is 3.79. The van der Waals surface area contributed by atoms with Crippen LogP contribution in [0.25, 0.3) is 0 Å². The van der Waals surface area contributed by atoms with E-state index in [1.165, 1.54) is 0 Å². The second-order valence-electron chi connectivity index (χ2n) is 6.65. The summed E-state index contributed by atoms with van der Waals surface area (Å²) < 4.78 is 36.3. The van der Waals surface area contributed by atoms with Gasteiger partial charge in [0.25, 0.3) is 5.91 Å². The lowest BCUT2D eigenvalue weighted by Crippen LogP contribution is -2.22. The van der Waals surface area contributed by atoms with Crippen LogP contribution in [0, 0.1) is 17.6 Å². The van der Waals surface area contributed by atoms with Gasteiger partial charge in [-0.3, -0.25) is 4.79 Å². The summed E-state index contributed by atoms with van der Waals surface area (Å²) in [4.78, 5) is 36.6. The SMILES string of the molecule is CCOC(=O)c1c(CC(C)C)csc1NC(=O)COC(=O)c1cc(F)c(F)cc1Cl. The Kier molecular flexibility index (Phi) is 8.31. The number of thiophene rings is 1. The van der Waals surface area contributed by atoms with Gasteiger partial charge in [-0.25, -0.2) is 18.4 Å². The Labute approximate surface area is 181 Å². The van der Waals surface area contributed by atoms with Crippen LogP contribution in [0.4, 0.5) is 13.8 Å². The van der Waals surface area contributed by atoms with Gasteiger partial charge in [0.1, 0.15) is 5.00 Å². The summed E-state index contributed by atoms with van der Waals surface area (Å²) in [5.74, 6) is -4.58. The number of nitrogens with one attached hydrogen (secondary N) is 1. The maximum Gasteiger partial charge on any atom is 0.341 e. The Morgan fingerprint density at radius 1 is 1.13 bits per heavy atom. The normalized spacial score (nSPS) is 10.8. The van der Waals surface area contributed by atoms with E-state index < -0.39 is 41.7 Å². The molecular formula is C20H20ClF2NO5S. The van der Waals surface area contributed by atoms with Crippen LogP contribution >= 0.6 is 22.9 Å². The number of anilines is 1. The van der Waals surface area contributed by atoms with E-state index in [1.807, 2.05) is 13.8 Å². The number of carbonyl (C=O) groups is 3. The molecule has 162 valence electrons. The predicted octanol–water partition coefficient (Wildman–Crippen LogP) is 4.85. The first kappa shape index (κ1) is 23.8. The van der Waals surface area contributed by atoms with E-state index in [9.17, 15) is 23.2 Å². The number of rotatable bonds is 8. The van der Waals surface area contributed by atoms with Gasteiger partial charge in [-0.1, -0.05) is 25.4 Å². The zero-order chi connectivity index (χ0) is 22.4. The zero-order valence-electron chi connectivity index (χ0n) is 16.5. The summed E-state index contributed by atoms with van der Waals surface area (Å²) in [6.07, 6.45) is 0.615. The van der Waals surface area contributed by atoms with Gasteiger partial charge in [0.15, 0.2) is 18.2 Å². The Balaban J connectivity index is 2.09. The molecule has 0 atom stereocenters. The van der Waals surface area contributed by atoms with Gasteiger partial charge >= 0.3 is 11.9 Å². The van der Waals surface area contributed by atoms with Gasteiger partial charge in [0.2, 0.25) is 0 Å². The molecule has 0 bridgehead atoms. The highest BCUT2D eigenvalue weighted by atomic mass is 35.5. The molecule has 2 aromatic rings. The molecule has 0 saturated carbocycles. The molecule has 1 aromatic carbocycles. The van der Waals surface area contributed by atoms with Crippen LogP contribution in [0.15, 0.2) is 17.5 Å². The molecule has 1 amide bonds. The molecule has 0 saturated heterocycles. The van der Waals surface area contributed by atoms with Crippen molar-refractivity contribution in [3.63, 3.8) is 0 Å². The van der Waals surface area contributed by atoms with E-state index in [-0.39, 0.29) is 28.1 Å². The van der Waals surface area contributed by atoms with E-state index in [0.29, 0.717) is 18.6 Å². The monoisotopic (exact) mass is 459 g/mol. The molecule has 1 N–H and O–H groups in total. The molecule has 2 rings (SSSR count). The summed E-state index contributed by atoms with van der Waals surface area (Å²) in [5, 5.41) is 4.21. The summed E-state index contributed by atoms with van der Waals surface area (Å²) in [7, 11) is 0. The summed E-state index contributed by atoms with van der Waals surface area (Å²) in [6, 6.07) is 1.23. The van der Waals surface area contributed by atoms with Crippen LogP contribution in [0.1, 0.15) is 47.1 Å². The minimum Gasteiger partial charge on any atom is -0.462 e. The van der Waals surface area contributed by atoms with Gasteiger partial charge in [0, 0.05) is 0 Å². The Morgan fingerprint density at radius 2 is 1.80 bits per heavy atom. The van der Waals surface area contributed by atoms with E-state index in [1.54, 1.807) is 12.3 Å². The van der Waals surface area contributed by atoms with Gasteiger partial charge in [-0.2, -0.15) is 0 Å². The van der Waals surface area contributed by atoms with E-state index >= 15 is 0 Å². The molecule has 6 nitrogen and oxygen atoms in total. The summed E-state index contributed by atoms with van der Waals surface area (Å²) in [6.45, 7) is 5.12. The highest BCUT2D eigenvalue weighted by Gasteiger charge is 2.23. The lowest BCUT2D eigenvalue weighted by Gasteiger charge is -2.10. The van der Waals surface area contributed by atoms with Crippen molar-refractivity contribution >= 4 is 45.8 Å². The number of carbonyl (C=O) groups excluding carboxylic acids is 3. The number of amides is 1. The van der Waals surface area contributed by atoms with Crippen molar-refractivity contribution in [1.29, 1.82) is 0 Å². The first-order chi connectivity index (χ1) is 14.1. The van der Waals surface area contributed by atoms with Crippen LogP contribution in [0.3, 0.4) is 0 Å². The topological polar surface area (TPSA) is 81.7 Å². The van der Waals surface area contributed by atoms with Crippen LogP contribution in [0.5, 0.6) is 0 Å². The highest BCUT2D eigenvalue weighted by molar-refractivity contribution is 7.15. The van der Waals surface area contributed by atoms with Gasteiger partial charge < -0.3 is 14.8 Å². The number of ether oxygens (including phenoxy) is 2. The molecule has 1 heterocycles. The molecule has 30 heavy (non-hydrogen) atoms. The molecule has 0 spiro atoms. The maximum absolute atomic E-state index is 13.3. The third-order valence-corrected chi connectivity index (χ3v) is 5.05. The number of benzene rings is 1. The number of hydrogen-bond donors (Lipinski definition) is 1. The van der Waals surface area contributed by atoms with Crippen molar-refractivity contribution in [2.75, 3.05) is 18.5 Å². The van der Waals surface area contributed by atoms with Crippen molar-refractivity contribution in [2.24, 2.45) is 5.92 Å². The fourth-order valence-corrected chi connectivity index (χ4v) is 3.76. The average molecular weight is 460 g/mol. The predicted molar refractivity (Wildman–Crippen MR) is 109 cm³/mol. The van der Waals surface area contributed by atoms with Crippen molar-refractivity contribution in [3.8, 4) is 0 Å². The van der Waals surface area contributed by atoms with Crippen molar-refractivity contribution < 1.29 is 32.6 Å². The molecule has 0 aliphatic rings. The lowest BCUT2D eigenvalue weighted by atomic mass is 10.0. The number of hydrogen-bond acceptors (Lipinski definition) is 6. The third kappa shape index (κ3) is 5.99. The number of esters is 2. The fraction of sp³-hybridized carbons (Fsp3) is 0.350. The van der Waals surface area contributed by atoms with Gasteiger partial charge in [-0.15, -0.1) is 11.3 Å². The molecule has 1 aromatic heterocycles. The standard InChI is InChI=1S/C20H20ClF2NO5S/c1-4-28-20(27)17-11(5-10(2)3)9-30-18(17)24-16(25)8-29-19(26)12-6-14(22)15(23)7-13(12)21/h6-7,9-10H,4-5,8H2,1-3H3,(H,24,25). The van der Waals surface area contributed by atoms with E-state index in [0.717, 1.165) is 16.9 Å².